The van der Waals surface area contributed by atoms with Crippen LogP contribution in [0.25, 0.3) is 0 Å². The van der Waals surface area contributed by atoms with E-state index in [9.17, 15) is 4.39 Å². The lowest BCUT2D eigenvalue weighted by Crippen LogP contribution is -2.13. The Kier molecular flexibility index (Phi) is 3.78. The number of alkyl halides is 1. The molecular weight excluding hydrogens is 205 g/mol. The molecule has 0 unspecified atom stereocenters. The van der Waals surface area contributed by atoms with Crippen molar-refractivity contribution < 1.29 is 9.13 Å². The highest BCUT2D eigenvalue weighted by Gasteiger charge is 2.30. The van der Waals surface area contributed by atoms with Gasteiger partial charge in [-0.2, -0.15) is 0 Å². The van der Waals surface area contributed by atoms with Crippen LogP contribution in [0, 0.1) is 5.92 Å². The van der Waals surface area contributed by atoms with E-state index in [1.54, 1.807) is 0 Å². The Morgan fingerprint density at radius 1 is 1.38 bits per heavy atom. The molecular formula is C13H18FNO. The first-order valence-electron chi connectivity index (χ1n) is 5.85. The van der Waals surface area contributed by atoms with Gasteiger partial charge in [-0.3, -0.25) is 4.39 Å². The van der Waals surface area contributed by atoms with Crippen LogP contribution in [0.15, 0.2) is 24.3 Å². The normalized spacial score (nSPS) is 24.6. The summed E-state index contributed by atoms with van der Waals surface area (Å²) in [4.78, 5) is 0. The fourth-order valence-electron chi connectivity index (χ4n) is 2.33. The molecule has 0 saturated carbocycles. The van der Waals surface area contributed by atoms with E-state index in [1.165, 1.54) is 0 Å². The highest BCUT2D eigenvalue weighted by molar-refractivity contribution is 5.37. The van der Waals surface area contributed by atoms with Crippen molar-refractivity contribution in [3.8, 4) is 5.75 Å². The van der Waals surface area contributed by atoms with Crippen molar-refractivity contribution in [3.63, 3.8) is 0 Å². The van der Waals surface area contributed by atoms with E-state index in [0.717, 1.165) is 24.4 Å². The molecule has 1 fully saturated rings. The smallest absolute Gasteiger partial charge is 0.122 e. The molecule has 0 aliphatic carbocycles. The van der Waals surface area contributed by atoms with E-state index in [4.69, 9.17) is 4.74 Å². The van der Waals surface area contributed by atoms with E-state index in [1.807, 2.05) is 31.2 Å². The highest BCUT2D eigenvalue weighted by Crippen LogP contribution is 2.34. The molecule has 0 radical (unpaired) electrons. The van der Waals surface area contributed by atoms with E-state index >= 15 is 0 Å². The van der Waals surface area contributed by atoms with Gasteiger partial charge in [0.2, 0.25) is 0 Å². The number of hydrogen-bond acceptors (Lipinski definition) is 2. The molecule has 0 bridgehead atoms. The van der Waals surface area contributed by atoms with E-state index in [0.29, 0.717) is 6.61 Å². The molecule has 1 aromatic rings. The summed E-state index contributed by atoms with van der Waals surface area (Å²) >= 11 is 0. The first kappa shape index (κ1) is 11.4. The number of halogens is 1. The zero-order chi connectivity index (χ0) is 11.4. The van der Waals surface area contributed by atoms with Crippen LogP contribution in [-0.2, 0) is 0 Å². The lowest BCUT2D eigenvalue weighted by Gasteiger charge is -2.19. The second-order valence-corrected chi connectivity index (χ2v) is 4.15. The zero-order valence-corrected chi connectivity index (χ0v) is 9.58. The van der Waals surface area contributed by atoms with Crippen LogP contribution in [0.2, 0.25) is 0 Å². The van der Waals surface area contributed by atoms with Gasteiger partial charge >= 0.3 is 0 Å². The van der Waals surface area contributed by atoms with Crippen LogP contribution >= 0.6 is 0 Å². The monoisotopic (exact) mass is 223 g/mol. The van der Waals surface area contributed by atoms with Crippen molar-refractivity contribution in [3.05, 3.63) is 29.8 Å². The average molecular weight is 223 g/mol. The molecule has 1 aromatic carbocycles. The Bertz CT molecular complexity index is 342. The lowest BCUT2D eigenvalue weighted by molar-refractivity contribution is 0.321. The fraction of sp³-hybridized carbons (Fsp3) is 0.538. The van der Waals surface area contributed by atoms with E-state index in [2.05, 4.69) is 5.32 Å². The summed E-state index contributed by atoms with van der Waals surface area (Å²) in [6, 6.07) is 7.96. The molecule has 1 saturated heterocycles. The largest absolute Gasteiger partial charge is 0.494 e. The minimum atomic E-state index is -0.266. The number of para-hydroxylation sites is 1. The summed E-state index contributed by atoms with van der Waals surface area (Å²) in [7, 11) is 0. The maximum atomic E-state index is 12.9. The van der Waals surface area contributed by atoms with E-state index < -0.39 is 0 Å². The van der Waals surface area contributed by atoms with Gasteiger partial charge < -0.3 is 10.1 Å². The Balaban J connectivity index is 2.24. The summed E-state index contributed by atoms with van der Waals surface area (Å²) in [5.41, 5.74) is 1.14. The van der Waals surface area contributed by atoms with Crippen molar-refractivity contribution >= 4 is 0 Å². The van der Waals surface area contributed by atoms with Gasteiger partial charge in [-0.25, -0.2) is 0 Å². The molecule has 2 nitrogen and oxygen atoms in total. The predicted molar refractivity (Wildman–Crippen MR) is 62.7 cm³/mol. The van der Waals surface area contributed by atoms with Crippen molar-refractivity contribution in [2.24, 2.45) is 5.92 Å². The third kappa shape index (κ3) is 2.19. The quantitative estimate of drug-likeness (QED) is 0.846. The summed E-state index contributed by atoms with van der Waals surface area (Å²) < 4.78 is 18.5. The van der Waals surface area contributed by atoms with Crippen LogP contribution in [-0.4, -0.2) is 26.4 Å². The molecule has 1 aliphatic heterocycles. The van der Waals surface area contributed by atoms with Gasteiger partial charge in [-0.15, -0.1) is 0 Å². The van der Waals surface area contributed by atoms with Crippen molar-refractivity contribution in [1.82, 2.24) is 5.32 Å². The first-order chi connectivity index (χ1) is 7.86. The van der Waals surface area contributed by atoms with Gasteiger partial charge in [-0.1, -0.05) is 18.2 Å². The SMILES string of the molecule is CCOc1ccccc1[C@@H]1CNC[C@@H]1CF. The summed E-state index contributed by atoms with van der Waals surface area (Å²) in [5.74, 6) is 1.23. The Hall–Kier alpha value is -1.09. The van der Waals surface area contributed by atoms with Gasteiger partial charge in [0.1, 0.15) is 5.75 Å². The van der Waals surface area contributed by atoms with Gasteiger partial charge in [-0.05, 0) is 18.6 Å². The Morgan fingerprint density at radius 2 is 2.19 bits per heavy atom. The Morgan fingerprint density at radius 3 is 2.94 bits per heavy atom. The highest BCUT2D eigenvalue weighted by atomic mass is 19.1. The standard InChI is InChI=1S/C13H18FNO/c1-2-16-13-6-4-3-5-11(13)12-9-15-8-10(12)7-14/h3-6,10,12,15H,2,7-9H2,1H3/t10-,12+/m0/s1. The molecule has 3 heteroatoms. The second-order valence-electron chi connectivity index (χ2n) is 4.15. The summed E-state index contributed by atoms with van der Waals surface area (Å²) in [6.45, 7) is 3.96. The minimum Gasteiger partial charge on any atom is -0.494 e. The van der Waals surface area contributed by atoms with Crippen LogP contribution in [0.4, 0.5) is 4.39 Å². The van der Waals surface area contributed by atoms with Crippen LogP contribution in [0.1, 0.15) is 18.4 Å². The molecule has 2 atom stereocenters. The van der Waals surface area contributed by atoms with Crippen molar-refractivity contribution in [1.29, 1.82) is 0 Å². The lowest BCUT2D eigenvalue weighted by atomic mass is 9.89. The Labute approximate surface area is 95.8 Å². The molecule has 88 valence electrons. The summed E-state index contributed by atoms with van der Waals surface area (Å²) in [5, 5.41) is 3.25. The van der Waals surface area contributed by atoms with Gasteiger partial charge in [0.15, 0.2) is 0 Å². The number of rotatable bonds is 4. The molecule has 0 aromatic heterocycles. The molecule has 1 aliphatic rings. The third-order valence-electron chi connectivity index (χ3n) is 3.16. The molecule has 2 rings (SSSR count). The zero-order valence-electron chi connectivity index (χ0n) is 9.58. The number of benzene rings is 1. The van der Waals surface area contributed by atoms with Crippen LogP contribution in [0.3, 0.4) is 0 Å². The van der Waals surface area contributed by atoms with Crippen LogP contribution < -0.4 is 10.1 Å². The van der Waals surface area contributed by atoms with Gasteiger partial charge in [0.25, 0.3) is 0 Å². The maximum absolute atomic E-state index is 12.9. The second kappa shape index (κ2) is 5.30. The predicted octanol–water partition coefficient (Wildman–Crippen LogP) is 2.36. The maximum Gasteiger partial charge on any atom is 0.122 e. The topological polar surface area (TPSA) is 21.3 Å². The molecule has 0 amide bonds. The molecule has 16 heavy (non-hydrogen) atoms. The number of hydrogen-bond donors (Lipinski definition) is 1. The van der Waals surface area contributed by atoms with E-state index in [-0.39, 0.29) is 18.5 Å². The molecule has 0 spiro atoms. The first-order valence-corrected chi connectivity index (χ1v) is 5.85. The fourth-order valence-corrected chi connectivity index (χ4v) is 2.33. The van der Waals surface area contributed by atoms with Crippen molar-refractivity contribution in [2.45, 2.75) is 12.8 Å². The van der Waals surface area contributed by atoms with Crippen molar-refractivity contribution in [2.75, 3.05) is 26.4 Å². The molecule has 1 heterocycles. The molecule has 1 N–H and O–H groups in total. The number of ether oxygens (including phenoxy) is 1. The number of nitrogens with one attached hydrogen (secondary N) is 1. The van der Waals surface area contributed by atoms with Gasteiger partial charge in [0.05, 0.1) is 13.3 Å². The average Bonchev–Trinajstić information content (AvgIpc) is 2.78. The van der Waals surface area contributed by atoms with Crippen LogP contribution in [0.5, 0.6) is 5.75 Å². The minimum absolute atomic E-state index is 0.0848. The third-order valence-corrected chi connectivity index (χ3v) is 3.16. The summed E-state index contributed by atoms with van der Waals surface area (Å²) in [6.07, 6.45) is 0. The van der Waals surface area contributed by atoms with Gasteiger partial charge in [0, 0.05) is 24.9 Å².